The van der Waals surface area contributed by atoms with Crippen molar-refractivity contribution in [3.63, 3.8) is 0 Å². The zero-order valence-electron chi connectivity index (χ0n) is 10.3. The number of benzene rings is 1. The van der Waals surface area contributed by atoms with Crippen molar-refractivity contribution in [3.05, 3.63) is 34.6 Å². The Morgan fingerprint density at radius 3 is 2.68 bits per heavy atom. The average molecular weight is 286 g/mol. The Morgan fingerprint density at radius 2 is 2.11 bits per heavy atom. The summed E-state index contributed by atoms with van der Waals surface area (Å²) in [5.41, 5.74) is -0.120. The third kappa shape index (κ3) is 2.71. The second-order valence-corrected chi connectivity index (χ2v) is 5.19. The van der Waals surface area contributed by atoms with E-state index >= 15 is 0 Å². The van der Waals surface area contributed by atoms with E-state index in [1.54, 1.807) is 6.92 Å². The van der Waals surface area contributed by atoms with Gasteiger partial charge in [-0.1, -0.05) is 18.5 Å². The number of hydrogen-bond donors (Lipinski definition) is 1. The highest BCUT2D eigenvalue weighted by atomic mass is 35.5. The van der Waals surface area contributed by atoms with Gasteiger partial charge in [0.05, 0.1) is 11.5 Å². The van der Waals surface area contributed by atoms with Crippen molar-refractivity contribution in [1.29, 1.82) is 0 Å². The summed E-state index contributed by atoms with van der Waals surface area (Å²) in [5.74, 6) is -2.86. The Hall–Kier alpha value is -1.62. The standard InChI is InChI=1S/C13H13ClFNO3/c1-7-5-16(6-10(7)13(18)19)12(17)9-4-8(14)2-3-11(9)15/h2-4,7,10H,5-6H2,1H3,(H,18,19)/t7-,10-/m1/s1. The third-order valence-corrected chi connectivity index (χ3v) is 3.61. The van der Waals surface area contributed by atoms with E-state index in [1.807, 2.05) is 0 Å². The molecule has 1 fully saturated rings. The molecule has 1 aliphatic rings. The van der Waals surface area contributed by atoms with Crippen LogP contribution in [0.5, 0.6) is 0 Å². The summed E-state index contributed by atoms with van der Waals surface area (Å²) in [6.07, 6.45) is 0. The highest BCUT2D eigenvalue weighted by Gasteiger charge is 2.37. The number of halogens is 2. The molecule has 2 atom stereocenters. The highest BCUT2D eigenvalue weighted by molar-refractivity contribution is 6.31. The number of rotatable bonds is 2. The van der Waals surface area contributed by atoms with E-state index in [1.165, 1.54) is 17.0 Å². The summed E-state index contributed by atoms with van der Waals surface area (Å²) in [4.78, 5) is 24.5. The minimum Gasteiger partial charge on any atom is -0.481 e. The molecule has 1 saturated heterocycles. The molecule has 0 saturated carbocycles. The van der Waals surface area contributed by atoms with Gasteiger partial charge in [-0.15, -0.1) is 0 Å². The minimum atomic E-state index is -0.936. The second-order valence-electron chi connectivity index (χ2n) is 4.76. The topological polar surface area (TPSA) is 57.6 Å². The maximum Gasteiger partial charge on any atom is 0.308 e. The van der Waals surface area contributed by atoms with Crippen LogP contribution >= 0.6 is 11.6 Å². The van der Waals surface area contributed by atoms with Crippen LogP contribution in [-0.4, -0.2) is 35.0 Å². The molecule has 1 aromatic carbocycles. The van der Waals surface area contributed by atoms with Gasteiger partial charge in [-0.05, 0) is 24.1 Å². The molecular formula is C13H13ClFNO3. The fourth-order valence-corrected chi connectivity index (χ4v) is 2.46. The van der Waals surface area contributed by atoms with Crippen molar-refractivity contribution in [3.8, 4) is 0 Å². The van der Waals surface area contributed by atoms with E-state index in [0.29, 0.717) is 6.54 Å². The molecule has 6 heteroatoms. The smallest absolute Gasteiger partial charge is 0.308 e. The van der Waals surface area contributed by atoms with Crippen LogP contribution in [0.4, 0.5) is 4.39 Å². The number of carboxylic acid groups (broad SMARTS) is 1. The summed E-state index contributed by atoms with van der Waals surface area (Å²) in [6, 6.07) is 3.75. The first kappa shape index (κ1) is 13.8. The van der Waals surface area contributed by atoms with Crippen molar-refractivity contribution in [2.75, 3.05) is 13.1 Å². The van der Waals surface area contributed by atoms with Crippen molar-refractivity contribution in [2.24, 2.45) is 11.8 Å². The van der Waals surface area contributed by atoms with Gasteiger partial charge in [-0.25, -0.2) is 4.39 Å². The van der Waals surface area contributed by atoms with Gasteiger partial charge in [0.15, 0.2) is 0 Å². The van der Waals surface area contributed by atoms with E-state index < -0.39 is 23.6 Å². The molecule has 0 bridgehead atoms. The van der Waals surface area contributed by atoms with Gasteiger partial charge in [-0.3, -0.25) is 9.59 Å². The normalized spacial score (nSPS) is 22.6. The van der Waals surface area contributed by atoms with Gasteiger partial charge in [0.1, 0.15) is 5.82 Å². The second kappa shape index (κ2) is 5.17. The molecule has 0 unspecified atom stereocenters. The van der Waals surface area contributed by atoms with Crippen LogP contribution < -0.4 is 0 Å². The molecule has 0 aromatic heterocycles. The predicted molar refractivity (Wildman–Crippen MR) is 67.6 cm³/mol. The Labute approximate surface area is 114 Å². The summed E-state index contributed by atoms with van der Waals surface area (Å²) >= 11 is 5.74. The highest BCUT2D eigenvalue weighted by Crippen LogP contribution is 2.26. The number of carbonyl (C=O) groups is 2. The lowest BCUT2D eigenvalue weighted by Gasteiger charge is -2.16. The van der Waals surface area contributed by atoms with Gasteiger partial charge in [0.2, 0.25) is 0 Å². The number of amides is 1. The Morgan fingerprint density at radius 1 is 1.42 bits per heavy atom. The summed E-state index contributed by atoms with van der Waals surface area (Å²) < 4.78 is 13.6. The van der Waals surface area contributed by atoms with Crippen LogP contribution in [0.2, 0.25) is 5.02 Å². The average Bonchev–Trinajstić information content (AvgIpc) is 2.74. The van der Waals surface area contributed by atoms with Crippen LogP contribution in [-0.2, 0) is 4.79 Å². The summed E-state index contributed by atoms with van der Waals surface area (Å²) in [5, 5.41) is 9.29. The van der Waals surface area contributed by atoms with Crippen LogP contribution in [0.3, 0.4) is 0 Å². The van der Waals surface area contributed by atoms with Crippen LogP contribution in [0.1, 0.15) is 17.3 Å². The molecule has 1 N–H and O–H groups in total. The first-order valence-corrected chi connectivity index (χ1v) is 6.25. The number of carboxylic acids is 1. The summed E-state index contributed by atoms with van der Waals surface area (Å²) in [7, 11) is 0. The number of nitrogens with zero attached hydrogens (tertiary/aromatic N) is 1. The number of carbonyl (C=O) groups excluding carboxylic acids is 1. The molecule has 0 spiro atoms. The van der Waals surface area contributed by atoms with Crippen molar-refractivity contribution >= 4 is 23.5 Å². The monoisotopic (exact) mass is 285 g/mol. The van der Waals surface area contributed by atoms with Crippen molar-refractivity contribution in [2.45, 2.75) is 6.92 Å². The molecule has 4 nitrogen and oxygen atoms in total. The zero-order chi connectivity index (χ0) is 14.2. The van der Waals surface area contributed by atoms with E-state index in [-0.39, 0.29) is 23.0 Å². The van der Waals surface area contributed by atoms with Crippen LogP contribution in [0.25, 0.3) is 0 Å². The number of likely N-dealkylation sites (tertiary alicyclic amines) is 1. The van der Waals surface area contributed by atoms with Crippen molar-refractivity contribution in [1.82, 2.24) is 4.90 Å². The SMILES string of the molecule is C[C@@H]1CN(C(=O)c2cc(Cl)ccc2F)C[C@H]1C(=O)O. The molecule has 2 rings (SSSR count). The molecule has 0 radical (unpaired) electrons. The first-order chi connectivity index (χ1) is 8.90. The minimum absolute atomic E-state index is 0.0985. The maximum atomic E-state index is 13.6. The van der Waals surface area contributed by atoms with E-state index in [9.17, 15) is 14.0 Å². The molecule has 0 aliphatic carbocycles. The molecule has 19 heavy (non-hydrogen) atoms. The largest absolute Gasteiger partial charge is 0.481 e. The van der Waals surface area contributed by atoms with E-state index in [0.717, 1.165) is 6.07 Å². The Kier molecular flexibility index (Phi) is 3.75. The van der Waals surface area contributed by atoms with Gasteiger partial charge in [0.25, 0.3) is 5.91 Å². The van der Waals surface area contributed by atoms with Gasteiger partial charge >= 0.3 is 5.97 Å². The summed E-state index contributed by atoms with van der Waals surface area (Å²) in [6.45, 7) is 2.17. The van der Waals surface area contributed by atoms with Gasteiger partial charge in [0, 0.05) is 18.1 Å². The fraction of sp³-hybridized carbons (Fsp3) is 0.385. The van der Waals surface area contributed by atoms with E-state index in [4.69, 9.17) is 16.7 Å². The molecular weight excluding hydrogens is 273 g/mol. The molecule has 1 aliphatic heterocycles. The Balaban J connectivity index is 2.22. The molecule has 1 amide bonds. The van der Waals surface area contributed by atoms with Gasteiger partial charge < -0.3 is 10.0 Å². The van der Waals surface area contributed by atoms with Crippen LogP contribution in [0, 0.1) is 17.7 Å². The quantitative estimate of drug-likeness (QED) is 0.907. The lowest BCUT2D eigenvalue weighted by molar-refractivity contribution is -0.142. The maximum absolute atomic E-state index is 13.6. The van der Waals surface area contributed by atoms with Crippen LogP contribution in [0.15, 0.2) is 18.2 Å². The first-order valence-electron chi connectivity index (χ1n) is 5.87. The lowest BCUT2D eigenvalue weighted by Crippen LogP contribution is -2.30. The molecule has 102 valence electrons. The Bertz CT molecular complexity index is 535. The molecule has 1 heterocycles. The number of aliphatic carboxylic acids is 1. The van der Waals surface area contributed by atoms with E-state index in [2.05, 4.69) is 0 Å². The number of hydrogen-bond acceptors (Lipinski definition) is 2. The molecule has 1 aromatic rings. The van der Waals surface area contributed by atoms with Gasteiger partial charge in [-0.2, -0.15) is 0 Å². The zero-order valence-corrected chi connectivity index (χ0v) is 11.0. The predicted octanol–water partition coefficient (Wildman–Crippen LogP) is 2.27. The fourth-order valence-electron chi connectivity index (χ4n) is 2.29. The third-order valence-electron chi connectivity index (χ3n) is 3.38. The van der Waals surface area contributed by atoms with Crippen molar-refractivity contribution < 1.29 is 19.1 Å². The lowest BCUT2D eigenvalue weighted by atomic mass is 9.99.